The summed E-state index contributed by atoms with van der Waals surface area (Å²) in [6, 6.07) is 6.18. The Morgan fingerprint density at radius 3 is 2.63 bits per heavy atom. The van der Waals surface area contributed by atoms with E-state index in [-0.39, 0.29) is 23.7 Å². The van der Waals surface area contributed by atoms with Crippen molar-refractivity contribution in [3.63, 3.8) is 0 Å². The highest BCUT2D eigenvalue weighted by molar-refractivity contribution is 7.88. The van der Waals surface area contributed by atoms with Crippen molar-refractivity contribution in [1.82, 2.24) is 9.62 Å². The zero-order valence-corrected chi connectivity index (χ0v) is 21.6. The van der Waals surface area contributed by atoms with Gasteiger partial charge in [-0.2, -0.15) is 4.31 Å². The Kier molecular flexibility index (Phi) is 11.3. The molecule has 0 saturated heterocycles. The van der Waals surface area contributed by atoms with Gasteiger partial charge in [0.25, 0.3) is 0 Å². The summed E-state index contributed by atoms with van der Waals surface area (Å²) < 4.78 is 39.2. The first-order valence-corrected chi connectivity index (χ1v) is 13.7. The second-order valence-corrected chi connectivity index (χ2v) is 10.5. The predicted molar refractivity (Wildman–Crippen MR) is 141 cm³/mol. The Bertz CT molecular complexity index is 1090. The van der Waals surface area contributed by atoms with Crippen molar-refractivity contribution in [2.45, 2.75) is 45.6 Å². The van der Waals surface area contributed by atoms with Gasteiger partial charge >= 0.3 is 0 Å². The molecule has 2 atom stereocenters. The van der Waals surface area contributed by atoms with E-state index in [0.717, 1.165) is 17.6 Å². The summed E-state index contributed by atoms with van der Waals surface area (Å²) in [7, 11) is -3.37. The zero-order chi connectivity index (χ0) is 25.8. The third-order valence-corrected chi connectivity index (χ3v) is 7.31. The van der Waals surface area contributed by atoms with E-state index in [1.807, 2.05) is 26.0 Å². The maximum Gasteiger partial charge on any atom is 0.244 e. The van der Waals surface area contributed by atoms with Gasteiger partial charge in [0, 0.05) is 31.4 Å². The average molecular weight is 502 g/mol. The number of aryl methyl sites for hydroxylation is 1. The van der Waals surface area contributed by atoms with Crippen molar-refractivity contribution in [1.29, 1.82) is 0 Å². The lowest BCUT2D eigenvalue weighted by Gasteiger charge is -2.33. The molecule has 6 nitrogen and oxygen atoms in total. The van der Waals surface area contributed by atoms with E-state index in [1.54, 1.807) is 30.5 Å². The molecule has 0 saturated carbocycles. The zero-order valence-electron chi connectivity index (χ0n) is 20.8. The molecule has 1 aromatic rings. The van der Waals surface area contributed by atoms with Gasteiger partial charge in [-0.3, -0.25) is 9.79 Å². The molecular weight excluding hydrogens is 465 g/mol. The van der Waals surface area contributed by atoms with Crippen LogP contribution in [0.15, 0.2) is 78.0 Å². The van der Waals surface area contributed by atoms with Gasteiger partial charge in [-0.15, -0.1) is 0 Å². The molecule has 0 aromatic heterocycles. The molecule has 1 amide bonds. The number of nitrogens with zero attached hydrogens (tertiary/aromatic N) is 2. The predicted octanol–water partition coefficient (Wildman–Crippen LogP) is 4.58. The summed E-state index contributed by atoms with van der Waals surface area (Å²) in [6.07, 6.45) is 14.3. The van der Waals surface area contributed by atoms with Crippen LogP contribution < -0.4 is 5.32 Å². The smallest absolute Gasteiger partial charge is 0.244 e. The van der Waals surface area contributed by atoms with Crippen molar-refractivity contribution in [3.05, 3.63) is 84.4 Å². The molecule has 0 fully saturated rings. The van der Waals surface area contributed by atoms with E-state index >= 15 is 0 Å². The van der Waals surface area contributed by atoms with Gasteiger partial charge in [0.15, 0.2) is 0 Å². The van der Waals surface area contributed by atoms with Crippen molar-refractivity contribution >= 4 is 21.6 Å². The lowest BCUT2D eigenvalue weighted by Crippen LogP contribution is -2.46. The summed E-state index contributed by atoms with van der Waals surface area (Å²) in [5, 5.41) is 2.88. The van der Waals surface area contributed by atoms with Gasteiger partial charge in [-0.25, -0.2) is 12.8 Å². The molecular formula is C27H36FN3O3S. The van der Waals surface area contributed by atoms with Crippen molar-refractivity contribution < 1.29 is 17.6 Å². The SMILES string of the molecule is C=CC(=C/CCc1ccc(F)cc1)/C1=N\C=C/CCC(N(CC)S(C)(=O)=O)C(C)CNC(=O)C=C1. The molecule has 0 aliphatic carbocycles. The number of carbonyl (C=O) groups excluding carboxylic acids is 1. The van der Waals surface area contributed by atoms with Gasteiger partial charge in [0.2, 0.25) is 15.9 Å². The van der Waals surface area contributed by atoms with Crippen LogP contribution in [0, 0.1) is 11.7 Å². The summed E-state index contributed by atoms with van der Waals surface area (Å²) in [4.78, 5) is 17.0. The van der Waals surface area contributed by atoms with Crippen molar-refractivity contribution in [2.24, 2.45) is 10.9 Å². The van der Waals surface area contributed by atoms with E-state index in [1.165, 1.54) is 28.8 Å². The first-order valence-electron chi connectivity index (χ1n) is 11.9. The highest BCUT2D eigenvalue weighted by Crippen LogP contribution is 2.20. The van der Waals surface area contributed by atoms with Gasteiger partial charge in [0.05, 0.1) is 12.0 Å². The fraction of sp³-hybridized carbons (Fsp3) is 0.407. The second-order valence-electron chi connectivity index (χ2n) is 8.59. The number of hydrogen-bond donors (Lipinski definition) is 1. The quantitative estimate of drug-likeness (QED) is 0.530. The lowest BCUT2D eigenvalue weighted by molar-refractivity contribution is -0.116. The molecule has 190 valence electrons. The first-order chi connectivity index (χ1) is 16.7. The van der Waals surface area contributed by atoms with E-state index in [9.17, 15) is 17.6 Å². The minimum Gasteiger partial charge on any atom is -0.352 e. The number of allylic oxidation sites excluding steroid dienone is 5. The molecule has 1 aliphatic rings. The highest BCUT2D eigenvalue weighted by Gasteiger charge is 2.29. The molecule has 8 heteroatoms. The number of rotatable bonds is 8. The normalized spacial score (nSPS) is 22.8. The molecule has 1 aromatic carbocycles. The standard InChI is InChI=1S/C27H36FN3O3S/c1-5-23(11-9-10-22-13-15-24(28)16-14-22)25-17-18-27(32)30-20-21(3)26(12-7-8-19-29-25)31(6-2)35(4,33)34/h5,8,11,13-19,21,26H,1,6-7,9-10,12,20H2,2-4H3,(H,30,32)/b18-17?,19-8-,23-11-,29-25-. The van der Waals surface area contributed by atoms with Crippen molar-refractivity contribution in [2.75, 3.05) is 19.3 Å². The number of carbonyl (C=O) groups is 1. The number of amides is 1. The number of halogens is 1. The van der Waals surface area contributed by atoms with Crippen LogP contribution in [0.5, 0.6) is 0 Å². The van der Waals surface area contributed by atoms with Crippen molar-refractivity contribution in [3.8, 4) is 0 Å². The average Bonchev–Trinajstić information content (AvgIpc) is 2.82. The molecule has 2 unspecified atom stereocenters. The van der Waals surface area contributed by atoms with E-state index in [0.29, 0.717) is 38.1 Å². The Morgan fingerprint density at radius 1 is 1.29 bits per heavy atom. The summed E-state index contributed by atoms with van der Waals surface area (Å²) >= 11 is 0. The first kappa shape index (κ1) is 28.4. The molecule has 35 heavy (non-hydrogen) atoms. The van der Waals surface area contributed by atoms with Crippen LogP contribution in [0.2, 0.25) is 0 Å². The number of nitrogens with one attached hydrogen (secondary N) is 1. The molecule has 1 N–H and O–H groups in total. The summed E-state index contributed by atoms with van der Waals surface area (Å²) in [6.45, 7) is 8.40. The fourth-order valence-electron chi connectivity index (χ4n) is 4.06. The van der Waals surface area contributed by atoms with Gasteiger partial charge in [0.1, 0.15) is 5.82 Å². The molecule has 2 rings (SSSR count). The molecule has 1 heterocycles. The monoisotopic (exact) mass is 501 g/mol. The van der Waals surface area contributed by atoms with Crippen LogP contribution in [0.4, 0.5) is 4.39 Å². The molecule has 1 aliphatic heterocycles. The maximum atomic E-state index is 13.1. The highest BCUT2D eigenvalue weighted by atomic mass is 32.2. The van der Waals surface area contributed by atoms with Crippen LogP contribution in [-0.4, -0.2) is 49.7 Å². The molecule has 0 radical (unpaired) electrons. The largest absolute Gasteiger partial charge is 0.352 e. The van der Waals surface area contributed by atoms with Crippen LogP contribution in [0.3, 0.4) is 0 Å². The fourth-order valence-corrected chi connectivity index (χ4v) is 5.34. The lowest BCUT2D eigenvalue weighted by atomic mass is 9.97. The Hall–Kier alpha value is -2.84. The second kappa shape index (κ2) is 13.9. The number of hydrogen-bond acceptors (Lipinski definition) is 4. The third-order valence-electron chi connectivity index (χ3n) is 5.93. The van der Waals surface area contributed by atoms with Gasteiger partial charge in [-0.1, -0.05) is 50.8 Å². The molecule has 0 bridgehead atoms. The minimum absolute atomic E-state index is 0.0633. The van der Waals surface area contributed by atoms with Crippen LogP contribution in [0.25, 0.3) is 0 Å². The minimum atomic E-state index is -3.37. The number of aliphatic imine (C=N–C) groups is 1. The number of sulfonamides is 1. The van der Waals surface area contributed by atoms with Crippen LogP contribution >= 0.6 is 0 Å². The van der Waals surface area contributed by atoms with E-state index in [4.69, 9.17) is 0 Å². The van der Waals surface area contributed by atoms with Gasteiger partial charge < -0.3 is 5.32 Å². The topological polar surface area (TPSA) is 78.8 Å². The maximum absolute atomic E-state index is 13.1. The Balaban J connectivity index is 2.23. The van der Waals surface area contributed by atoms with Gasteiger partial charge in [-0.05, 0) is 60.9 Å². The number of benzene rings is 1. The Morgan fingerprint density at radius 2 is 2.00 bits per heavy atom. The van der Waals surface area contributed by atoms with E-state index in [2.05, 4.69) is 16.9 Å². The molecule has 0 spiro atoms. The third kappa shape index (κ3) is 9.38. The van der Waals surface area contributed by atoms with Crippen LogP contribution in [0.1, 0.15) is 38.7 Å². The summed E-state index contributed by atoms with van der Waals surface area (Å²) in [5.41, 5.74) is 2.41. The van der Waals surface area contributed by atoms with E-state index < -0.39 is 10.0 Å². The van der Waals surface area contributed by atoms with Crippen LogP contribution in [-0.2, 0) is 21.2 Å². The Labute approximate surface area is 209 Å². The summed E-state index contributed by atoms with van der Waals surface area (Å²) in [5.74, 6) is -0.598.